The molecule has 3 aromatic rings. The predicted molar refractivity (Wildman–Crippen MR) is 120 cm³/mol. The molecule has 1 fully saturated rings. The topological polar surface area (TPSA) is 69.7 Å². The number of aromatic nitrogens is 1. The number of amides is 1. The monoisotopic (exact) mass is 432 g/mol. The van der Waals surface area contributed by atoms with Crippen LogP contribution < -0.4 is 15.5 Å². The van der Waals surface area contributed by atoms with E-state index in [9.17, 15) is 9.18 Å². The van der Waals surface area contributed by atoms with Crippen LogP contribution >= 0.6 is 0 Å². The number of nitrogens with one attached hydrogen (secondary N) is 1. The number of rotatable bonds is 6. The van der Waals surface area contributed by atoms with Crippen LogP contribution in [0.15, 0.2) is 79.2 Å². The number of anilines is 1. The van der Waals surface area contributed by atoms with Gasteiger partial charge in [-0.15, -0.1) is 0 Å². The highest BCUT2D eigenvalue weighted by Gasteiger charge is 2.43. The fourth-order valence-electron chi connectivity index (χ4n) is 3.14. The molecule has 162 valence electrons. The van der Waals surface area contributed by atoms with E-state index in [0.29, 0.717) is 22.9 Å². The first-order valence-corrected chi connectivity index (χ1v) is 10.1. The highest BCUT2D eigenvalue weighted by Crippen LogP contribution is 2.29. The molecule has 2 heterocycles. The predicted octanol–water partition coefficient (Wildman–Crippen LogP) is 4.09. The molecule has 0 atom stereocenters. The van der Waals surface area contributed by atoms with Gasteiger partial charge in [0.1, 0.15) is 18.0 Å². The minimum Gasteiger partial charge on any atom is -0.534 e. The fraction of sp³-hybridized carbons (Fsp3) is 0.167. The second-order valence-corrected chi connectivity index (χ2v) is 7.83. The summed E-state index contributed by atoms with van der Waals surface area (Å²) >= 11 is 0. The zero-order valence-corrected chi connectivity index (χ0v) is 17.8. The van der Waals surface area contributed by atoms with E-state index in [1.54, 1.807) is 12.1 Å². The molecular weight excluding hydrogens is 410 g/mol. The maximum absolute atomic E-state index is 13.0. The number of nitrogens with zero attached hydrogens (tertiary/aromatic N) is 1. The highest BCUT2D eigenvalue weighted by molar-refractivity contribution is 6.62. The molecule has 1 N–H and O–H groups in total. The molecule has 32 heavy (non-hydrogen) atoms. The first-order valence-electron chi connectivity index (χ1n) is 10.1. The molecule has 0 aliphatic carbocycles. The summed E-state index contributed by atoms with van der Waals surface area (Å²) in [7, 11) is -0.553. The number of pyridine rings is 1. The molecule has 0 saturated carbocycles. The Morgan fingerprint density at radius 1 is 1.16 bits per heavy atom. The SMILES string of the molecule is C=C1OB(c2ccccc2COc2ccc(C(=O)Nc3ccc(F)cc3)cn2)OC1(C)C. The number of hydrogen-bond donors (Lipinski definition) is 1. The lowest BCUT2D eigenvalue weighted by Gasteiger charge is -2.16. The summed E-state index contributed by atoms with van der Waals surface area (Å²) in [5.74, 6) is 0.234. The molecule has 0 bridgehead atoms. The molecule has 6 nitrogen and oxygen atoms in total. The van der Waals surface area contributed by atoms with Gasteiger partial charge in [-0.2, -0.15) is 0 Å². The van der Waals surface area contributed by atoms with E-state index in [2.05, 4.69) is 16.9 Å². The molecule has 0 spiro atoms. The van der Waals surface area contributed by atoms with Crippen molar-refractivity contribution in [3.05, 3.63) is 96.1 Å². The van der Waals surface area contributed by atoms with Gasteiger partial charge in [-0.05, 0) is 49.7 Å². The van der Waals surface area contributed by atoms with E-state index in [1.165, 1.54) is 30.5 Å². The smallest absolute Gasteiger partial charge is 0.534 e. The lowest BCUT2D eigenvalue weighted by atomic mass is 9.76. The number of hydrogen-bond acceptors (Lipinski definition) is 5. The zero-order chi connectivity index (χ0) is 22.7. The Bertz CT molecular complexity index is 1130. The Morgan fingerprint density at radius 3 is 2.56 bits per heavy atom. The van der Waals surface area contributed by atoms with E-state index < -0.39 is 12.7 Å². The lowest BCUT2D eigenvalue weighted by Crippen LogP contribution is -2.37. The van der Waals surface area contributed by atoms with Crippen molar-refractivity contribution >= 4 is 24.2 Å². The second kappa shape index (κ2) is 8.84. The Balaban J connectivity index is 1.39. The van der Waals surface area contributed by atoms with E-state index >= 15 is 0 Å². The van der Waals surface area contributed by atoms with Gasteiger partial charge < -0.3 is 19.4 Å². The summed E-state index contributed by atoms with van der Waals surface area (Å²) in [5.41, 5.74) is 2.04. The second-order valence-electron chi connectivity index (χ2n) is 7.83. The summed E-state index contributed by atoms with van der Waals surface area (Å²) in [6.45, 7) is 7.99. The van der Waals surface area contributed by atoms with Gasteiger partial charge in [-0.25, -0.2) is 9.37 Å². The first kappa shape index (κ1) is 21.6. The average molecular weight is 432 g/mol. The number of benzene rings is 2. The molecule has 2 aromatic carbocycles. The molecule has 8 heteroatoms. The Morgan fingerprint density at radius 2 is 1.91 bits per heavy atom. The Hall–Kier alpha value is -3.65. The van der Waals surface area contributed by atoms with Crippen molar-refractivity contribution in [2.45, 2.75) is 26.1 Å². The quantitative estimate of drug-likeness (QED) is 0.595. The van der Waals surface area contributed by atoms with Crippen molar-refractivity contribution in [1.29, 1.82) is 0 Å². The normalized spacial score (nSPS) is 14.7. The summed E-state index contributed by atoms with van der Waals surface area (Å²) < 4.78 is 30.6. The third-order valence-corrected chi connectivity index (χ3v) is 5.11. The Kier molecular flexibility index (Phi) is 5.96. The van der Waals surface area contributed by atoms with Gasteiger partial charge in [0.15, 0.2) is 0 Å². The fourth-order valence-corrected chi connectivity index (χ4v) is 3.14. The summed E-state index contributed by atoms with van der Waals surface area (Å²) in [4.78, 5) is 16.6. The molecule has 1 aliphatic heterocycles. The molecule has 0 radical (unpaired) electrons. The van der Waals surface area contributed by atoms with Crippen molar-refractivity contribution in [3.8, 4) is 5.88 Å². The molecule has 1 aliphatic rings. The molecule has 1 amide bonds. The van der Waals surface area contributed by atoms with Crippen LogP contribution in [-0.2, 0) is 15.9 Å². The van der Waals surface area contributed by atoms with Crippen molar-refractivity contribution in [1.82, 2.24) is 4.98 Å². The third-order valence-electron chi connectivity index (χ3n) is 5.11. The van der Waals surface area contributed by atoms with Gasteiger partial charge in [0.2, 0.25) is 5.88 Å². The average Bonchev–Trinajstić information content (AvgIpc) is 3.06. The van der Waals surface area contributed by atoms with Crippen LogP contribution in [0, 0.1) is 5.82 Å². The van der Waals surface area contributed by atoms with Crippen LogP contribution in [0.25, 0.3) is 0 Å². The summed E-state index contributed by atoms with van der Waals surface area (Å²) in [6.07, 6.45) is 1.43. The molecule has 1 saturated heterocycles. The highest BCUT2D eigenvalue weighted by atomic mass is 19.1. The van der Waals surface area contributed by atoms with Gasteiger partial charge in [0.25, 0.3) is 5.91 Å². The van der Waals surface area contributed by atoms with Crippen molar-refractivity contribution < 1.29 is 23.2 Å². The van der Waals surface area contributed by atoms with Crippen LogP contribution in [-0.4, -0.2) is 23.6 Å². The van der Waals surface area contributed by atoms with Crippen LogP contribution in [0.2, 0.25) is 0 Å². The standard InChI is InChI=1S/C24H22BFN2O4/c1-16-24(2,3)32-25(31-16)21-7-5-4-6-18(21)15-30-22-13-8-17(14-27-22)23(29)28-20-11-9-19(26)10-12-20/h4-14H,1,15H2,2-3H3,(H,28,29). The Labute approximate surface area is 186 Å². The van der Waals surface area contributed by atoms with Crippen molar-refractivity contribution in [2.75, 3.05) is 5.32 Å². The van der Waals surface area contributed by atoms with Crippen molar-refractivity contribution in [2.24, 2.45) is 0 Å². The third kappa shape index (κ3) is 4.81. The van der Waals surface area contributed by atoms with Gasteiger partial charge in [0, 0.05) is 23.4 Å². The number of ether oxygens (including phenoxy) is 1. The van der Waals surface area contributed by atoms with Gasteiger partial charge in [0.05, 0.1) is 11.3 Å². The summed E-state index contributed by atoms with van der Waals surface area (Å²) in [6, 6.07) is 16.4. The number of halogens is 1. The molecule has 1 aromatic heterocycles. The minimum absolute atomic E-state index is 0.250. The van der Waals surface area contributed by atoms with Crippen molar-refractivity contribution in [3.63, 3.8) is 0 Å². The van der Waals surface area contributed by atoms with E-state index in [1.807, 2.05) is 38.1 Å². The van der Waals surface area contributed by atoms with Gasteiger partial charge >= 0.3 is 7.12 Å². The van der Waals surface area contributed by atoms with E-state index in [0.717, 1.165) is 11.0 Å². The minimum atomic E-state index is -0.565. The van der Waals surface area contributed by atoms with E-state index in [4.69, 9.17) is 14.0 Å². The van der Waals surface area contributed by atoms with E-state index in [-0.39, 0.29) is 18.3 Å². The number of carbonyl (C=O) groups excluding carboxylic acids is 1. The maximum Gasteiger partial charge on any atom is 0.563 e. The van der Waals surface area contributed by atoms with Gasteiger partial charge in [-0.3, -0.25) is 4.79 Å². The first-order chi connectivity index (χ1) is 15.3. The zero-order valence-electron chi connectivity index (χ0n) is 17.8. The summed E-state index contributed by atoms with van der Waals surface area (Å²) in [5, 5.41) is 2.69. The molecule has 0 unspecified atom stereocenters. The maximum atomic E-state index is 13.0. The van der Waals surface area contributed by atoms with Gasteiger partial charge in [-0.1, -0.05) is 30.8 Å². The van der Waals surface area contributed by atoms with Crippen LogP contribution in [0.4, 0.5) is 10.1 Å². The molecular formula is C24H22BFN2O4. The lowest BCUT2D eigenvalue weighted by molar-refractivity contribution is 0.102. The largest absolute Gasteiger partial charge is 0.563 e. The molecule has 4 rings (SSSR count). The van der Waals surface area contributed by atoms with Crippen LogP contribution in [0.3, 0.4) is 0 Å². The van der Waals surface area contributed by atoms with Crippen LogP contribution in [0.5, 0.6) is 5.88 Å². The van der Waals surface area contributed by atoms with Crippen LogP contribution in [0.1, 0.15) is 29.8 Å². The number of carbonyl (C=O) groups is 1.